The predicted molar refractivity (Wildman–Crippen MR) is 52.1 cm³/mol. The van der Waals surface area contributed by atoms with Crippen molar-refractivity contribution in [3.05, 3.63) is 0 Å². The summed E-state index contributed by atoms with van der Waals surface area (Å²) in [4.78, 5) is 22.3. The second kappa shape index (κ2) is 6.40. The van der Waals surface area contributed by atoms with Crippen LogP contribution in [0.5, 0.6) is 0 Å². The van der Waals surface area contributed by atoms with E-state index in [9.17, 15) is 9.59 Å². The Balaban J connectivity index is 2.40. The second-order valence-electron chi connectivity index (χ2n) is 3.56. The Labute approximate surface area is 83.8 Å². The highest BCUT2D eigenvalue weighted by Gasteiger charge is 2.06. The van der Waals surface area contributed by atoms with Gasteiger partial charge in [0.15, 0.2) is 0 Å². The number of nitrogens with zero attached hydrogens (tertiary/aromatic N) is 2. The lowest BCUT2D eigenvalue weighted by molar-refractivity contribution is -0.124. The third-order valence-corrected chi connectivity index (χ3v) is 2.26. The molecule has 1 aliphatic rings. The summed E-state index contributed by atoms with van der Waals surface area (Å²) in [5, 5.41) is 7.30. The molecule has 0 aliphatic carbocycles. The van der Waals surface area contributed by atoms with Crippen molar-refractivity contribution in [1.82, 2.24) is 0 Å². The maximum Gasteiger partial charge on any atom is 0.264 e. The summed E-state index contributed by atoms with van der Waals surface area (Å²) in [6.45, 7) is 0.639. The number of carbonyl (C=O) groups is 2. The van der Waals surface area contributed by atoms with Crippen LogP contribution in [0.25, 0.3) is 0 Å². The van der Waals surface area contributed by atoms with E-state index in [1.54, 1.807) is 0 Å². The summed E-state index contributed by atoms with van der Waals surface area (Å²) in [6.07, 6.45) is 5.23. The van der Waals surface area contributed by atoms with Crippen LogP contribution in [0.3, 0.4) is 0 Å². The van der Waals surface area contributed by atoms with Gasteiger partial charge in [0, 0.05) is 19.3 Å². The number of azo groups is 1. The largest absolute Gasteiger partial charge is 0.300 e. The lowest BCUT2D eigenvalue weighted by Gasteiger charge is -2.01. The van der Waals surface area contributed by atoms with E-state index in [1.165, 1.54) is 0 Å². The van der Waals surface area contributed by atoms with Crippen molar-refractivity contribution in [2.24, 2.45) is 10.2 Å². The summed E-state index contributed by atoms with van der Waals surface area (Å²) < 4.78 is 0. The third-order valence-electron chi connectivity index (χ3n) is 2.26. The first-order chi connectivity index (χ1) is 6.79. The SMILES string of the molecule is O=C1CCCCCCN=NC(=O)CC1. The first kappa shape index (κ1) is 11.0. The maximum atomic E-state index is 11.2. The van der Waals surface area contributed by atoms with Gasteiger partial charge in [-0.1, -0.05) is 12.8 Å². The molecule has 0 radical (unpaired) electrons. The van der Waals surface area contributed by atoms with Crippen LogP contribution in [-0.4, -0.2) is 18.2 Å². The van der Waals surface area contributed by atoms with Crippen molar-refractivity contribution in [3.8, 4) is 0 Å². The summed E-state index contributed by atoms with van der Waals surface area (Å²) in [5.41, 5.74) is 0. The summed E-state index contributed by atoms with van der Waals surface area (Å²) in [6, 6.07) is 0. The Morgan fingerprint density at radius 3 is 2.50 bits per heavy atom. The molecule has 0 N–H and O–H groups in total. The molecule has 0 spiro atoms. The van der Waals surface area contributed by atoms with E-state index in [1.807, 2.05) is 0 Å². The summed E-state index contributed by atoms with van der Waals surface area (Å²) >= 11 is 0. The third kappa shape index (κ3) is 4.84. The number of Topliss-reactive ketones (excluding diaryl/α,β-unsaturated/α-hetero) is 1. The molecule has 78 valence electrons. The Morgan fingerprint density at radius 2 is 1.64 bits per heavy atom. The smallest absolute Gasteiger partial charge is 0.264 e. The van der Waals surface area contributed by atoms with Gasteiger partial charge in [-0.25, -0.2) is 0 Å². The van der Waals surface area contributed by atoms with Crippen molar-refractivity contribution >= 4 is 11.7 Å². The van der Waals surface area contributed by atoms with E-state index in [0.717, 1.165) is 25.7 Å². The first-order valence-corrected chi connectivity index (χ1v) is 5.21. The van der Waals surface area contributed by atoms with Gasteiger partial charge < -0.3 is 0 Å². The Kier molecular flexibility index (Phi) is 5.04. The highest BCUT2D eigenvalue weighted by molar-refractivity contribution is 5.84. The lowest BCUT2D eigenvalue weighted by Crippen LogP contribution is -2.03. The van der Waals surface area contributed by atoms with Crippen LogP contribution < -0.4 is 0 Å². The van der Waals surface area contributed by atoms with Gasteiger partial charge in [-0.15, -0.1) is 5.11 Å². The Morgan fingerprint density at radius 1 is 0.857 bits per heavy atom. The highest BCUT2D eigenvalue weighted by Crippen LogP contribution is 2.08. The molecule has 0 aromatic heterocycles. The van der Waals surface area contributed by atoms with Crippen molar-refractivity contribution in [2.75, 3.05) is 6.54 Å². The molecule has 0 saturated carbocycles. The van der Waals surface area contributed by atoms with E-state index in [-0.39, 0.29) is 18.1 Å². The molecule has 1 heterocycles. The normalized spacial score (nSPS) is 21.4. The van der Waals surface area contributed by atoms with Gasteiger partial charge in [-0.05, 0) is 12.8 Å². The Hall–Kier alpha value is -1.06. The molecule has 14 heavy (non-hydrogen) atoms. The molecule has 0 atom stereocenters. The fourth-order valence-electron chi connectivity index (χ4n) is 1.41. The average Bonchev–Trinajstić information content (AvgIpc) is 2.17. The molecule has 0 aromatic rings. The fraction of sp³-hybridized carbons (Fsp3) is 0.800. The van der Waals surface area contributed by atoms with Crippen molar-refractivity contribution in [2.45, 2.75) is 44.9 Å². The van der Waals surface area contributed by atoms with Crippen LogP contribution in [0.15, 0.2) is 10.2 Å². The lowest BCUT2D eigenvalue weighted by atomic mass is 10.1. The maximum absolute atomic E-state index is 11.2. The monoisotopic (exact) mass is 196 g/mol. The standard InChI is InChI=1S/C10H16N2O2/c13-9-5-3-1-2-4-8-11-12-10(14)7-6-9/h1-8H2. The van der Waals surface area contributed by atoms with Gasteiger partial charge in [0.05, 0.1) is 6.54 Å². The van der Waals surface area contributed by atoms with Crippen LogP contribution in [0, 0.1) is 0 Å². The van der Waals surface area contributed by atoms with Crippen LogP contribution in [-0.2, 0) is 9.59 Å². The van der Waals surface area contributed by atoms with Crippen LogP contribution in [0.2, 0.25) is 0 Å². The molecule has 0 unspecified atom stereocenters. The first-order valence-electron chi connectivity index (χ1n) is 5.21. The van der Waals surface area contributed by atoms with E-state index in [0.29, 0.717) is 19.4 Å². The van der Waals surface area contributed by atoms with E-state index < -0.39 is 0 Å². The zero-order valence-electron chi connectivity index (χ0n) is 8.37. The van der Waals surface area contributed by atoms with Crippen molar-refractivity contribution in [1.29, 1.82) is 0 Å². The minimum atomic E-state index is -0.265. The topological polar surface area (TPSA) is 58.9 Å². The molecule has 0 saturated heterocycles. The number of hydrogen-bond donors (Lipinski definition) is 0. The van der Waals surface area contributed by atoms with Gasteiger partial charge >= 0.3 is 0 Å². The zero-order valence-corrected chi connectivity index (χ0v) is 8.37. The van der Waals surface area contributed by atoms with E-state index >= 15 is 0 Å². The van der Waals surface area contributed by atoms with E-state index in [4.69, 9.17) is 0 Å². The zero-order chi connectivity index (χ0) is 10.2. The van der Waals surface area contributed by atoms with Crippen LogP contribution >= 0.6 is 0 Å². The number of amides is 1. The number of carbonyl (C=O) groups excluding carboxylic acids is 2. The summed E-state index contributed by atoms with van der Waals surface area (Å²) in [7, 11) is 0. The average molecular weight is 196 g/mol. The van der Waals surface area contributed by atoms with Gasteiger partial charge in [-0.3, -0.25) is 9.59 Å². The van der Waals surface area contributed by atoms with Gasteiger partial charge in [0.1, 0.15) is 5.78 Å². The molecule has 4 nitrogen and oxygen atoms in total. The van der Waals surface area contributed by atoms with Gasteiger partial charge in [0.25, 0.3) is 5.91 Å². The van der Waals surface area contributed by atoms with Crippen molar-refractivity contribution in [3.63, 3.8) is 0 Å². The van der Waals surface area contributed by atoms with Crippen molar-refractivity contribution < 1.29 is 9.59 Å². The second-order valence-corrected chi connectivity index (χ2v) is 3.56. The molecule has 1 amide bonds. The van der Waals surface area contributed by atoms with Gasteiger partial charge in [-0.2, -0.15) is 5.11 Å². The van der Waals surface area contributed by atoms with Crippen LogP contribution in [0.1, 0.15) is 44.9 Å². The molecule has 0 aromatic carbocycles. The molecule has 0 bridgehead atoms. The number of hydrogen-bond acceptors (Lipinski definition) is 3. The van der Waals surface area contributed by atoms with E-state index in [2.05, 4.69) is 10.2 Å². The molecule has 1 aliphatic heterocycles. The molecule has 4 heteroatoms. The molecular weight excluding hydrogens is 180 g/mol. The minimum Gasteiger partial charge on any atom is -0.300 e. The Bertz CT molecular complexity index is 236. The van der Waals surface area contributed by atoms with Crippen LogP contribution in [0.4, 0.5) is 0 Å². The fourth-order valence-corrected chi connectivity index (χ4v) is 1.41. The molecule has 0 fully saturated rings. The number of rotatable bonds is 0. The number of ketones is 1. The molecular formula is C10H16N2O2. The summed E-state index contributed by atoms with van der Waals surface area (Å²) in [5.74, 6) is -0.0898. The minimum absolute atomic E-state index is 0.175. The highest BCUT2D eigenvalue weighted by atomic mass is 16.2. The molecule has 1 rings (SSSR count). The quantitative estimate of drug-likeness (QED) is 0.596. The predicted octanol–water partition coefficient (Wildman–Crippen LogP) is 2.28. The van der Waals surface area contributed by atoms with Gasteiger partial charge in [0.2, 0.25) is 0 Å².